The molecular formula is C22H44O6Si. The molecule has 0 rings (SSSR count). The molecule has 0 fully saturated rings. The minimum Gasteiger partial charge on any atom is -0.465 e. The van der Waals surface area contributed by atoms with Gasteiger partial charge in [-0.15, -0.1) is 6.58 Å². The molecule has 0 radical (unpaired) electrons. The summed E-state index contributed by atoms with van der Waals surface area (Å²) in [7, 11) is 0.508. The average molecular weight is 433 g/mol. The van der Waals surface area contributed by atoms with Gasteiger partial charge in [0.25, 0.3) is 0 Å². The van der Waals surface area contributed by atoms with Crippen molar-refractivity contribution in [2.75, 3.05) is 27.1 Å². The van der Waals surface area contributed by atoms with Crippen molar-refractivity contribution in [3.8, 4) is 0 Å². The number of ether oxygens (including phenoxy) is 5. The molecule has 1 unspecified atom stereocenters. The minimum absolute atomic E-state index is 0.185. The Kier molecular flexibility index (Phi) is 13.9. The standard InChI is InChI=1S/C22H44O6Si/c1-10-18(27-17-25-15-16-29(7,8)9)19(11-2)28-20(24-6)13-12-14-26-21(23)22(3,4)5/h10,18-20H,1,11-17H2,2-9H3/t18-,19-,20?/m1/s1. The summed E-state index contributed by atoms with van der Waals surface area (Å²) in [6, 6.07) is 1.11. The number of methoxy groups -OCH3 is 1. The monoisotopic (exact) mass is 432 g/mol. The van der Waals surface area contributed by atoms with Crippen LogP contribution in [0.2, 0.25) is 25.7 Å². The first-order chi connectivity index (χ1) is 13.4. The molecular weight excluding hydrogens is 388 g/mol. The highest BCUT2D eigenvalue weighted by Gasteiger charge is 2.25. The Labute approximate surface area is 179 Å². The van der Waals surface area contributed by atoms with Crippen molar-refractivity contribution < 1.29 is 28.5 Å². The summed E-state index contributed by atoms with van der Waals surface area (Å²) in [6.45, 7) is 19.7. The lowest BCUT2D eigenvalue weighted by Gasteiger charge is -2.28. The zero-order valence-electron chi connectivity index (χ0n) is 19.9. The van der Waals surface area contributed by atoms with Crippen LogP contribution in [0.1, 0.15) is 47.0 Å². The lowest BCUT2D eigenvalue weighted by Crippen LogP contribution is -2.35. The van der Waals surface area contributed by atoms with Gasteiger partial charge in [0.05, 0.1) is 18.1 Å². The van der Waals surface area contributed by atoms with Crippen LogP contribution in [0.5, 0.6) is 0 Å². The molecule has 0 aromatic carbocycles. The van der Waals surface area contributed by atoms with E-state index in [0.29, 0.717) is 26.1 Å². The summed E-state index contributed by atoms with van der Waals surface area (Å²) in [6.07, 6.45) is 2.93. The molecule has 0 aromatic rings. The van der Waals surface area contributed by atoms with Gasteiger partial charge in [0.1, 0.15) is 12.9 Å². The molecule has 172 valence electrons. The Morgan fingerprint density at radius 2 is 1.83 bits per heavy atom. The Balaban J connectivity index is 4.35. The summed E-state index contributed by atoms with van der Waals surface area (Å²) in [5, 5.41) is 0. The van der Waals surface area contributed by atoms with E-state index < -0.39 is 19.8 Å². The van der Waals surface area contributed by atoms with Crippen LogP contribution in [-0.4, -0.2) is 59.7 Å². The highest BCUT2D eigenvalue weighted by molar-refractivity contribution is 6.76. The minimum atomic E-state index is -1.11. The van der Waals surface area contributed by atoms with Gasteiger partial charge in [-0.1, -0.05) is 32.6 Å². The lowest BCUT2D eigenvalue weighted by atomic mass is 9.97. The van der Waals surface area contributed by atoms with E-state index in [9.17, 15) is 4.79 Å². The predicted octanol–water partition coefficient (Wildman–Crippen LogP) is 5.01. The molecule has 0 saturated carbocycles. The average Bonchev–Trinajstić information content (AvgIpc) is 2.62. The second-order valence-electron chi connectivity index (χ2n) is 9.48. The van der Waals surface area contributed by atoms with Crippen molar-refractivity contribution >= 4 is 14.0 Å². The van der Waals surface area contributed by atoms with Crippen LogP contribution < -0.4 is 0 Å². The van der Waals surface area contributed by atoms with E-state index in [2.05, 4.69) is 26.2 Å². The molecule has 0 bridgehead atoms. The van der Waals surface area contributed by atoms with Crippen molar-refractivity contribution in [3.05, 3.63) is 12.7 Å². The molecule has 0 saturated heterocycles. The van der Waals surface area contributed by atoms with Gasteiger partial charge in [-0.25, -0.2) is 0 Å². The van der Waals surface area contributed by atoms with Gasteiger partial charge < -0.3 is 23.7 Å². The number of carbonyl (C=O) groups is 1. The molecule has 0 heterocycles. The first-order valence-electron chi connectivity index (χ1n) is 10.6. The maximum absolute atomic E-state index is 11.8. The van der Waals surface area contributed by atoms with Gasteiger partial charge in [0, 0.05) is 28.2 Å². The third-order valence-electron chi connectivity index (χ3n) is 4.36. The fraction of sp³-hybridized carbons (Fsp3) is 0.864. The fourth-order valence-electron chi connectivity index (χ4n) is 2.36. The maximum Gasteiger partial charge on any atom is 0.311 e. The van der Waals surface area contributed by atoms with Gasteiger partial charge in [0.15, 0.2) is 6.29 Å². The summed E-state index contributed by atoms with van der Waals surface area (Å²) in [5.74, 6) is -0.201. The second-order valence-corrected chi connectivity index (χ2v) is 15.1. The highest BCUT2D eigenvalue weighted by Crippen LogP contribution is 2.18. The van der Waals surface area contributed by atoms with Crippen LogP contribution in [0.25, 0.3) is 0 Å². The Morgan fingerprint density at radius 1 is 1.17 bits per heavy atom. The maximum atomic E-state index is 11.8. The number of hydrogen-bond acceptors (Lipinski definition) is 6. The number of hydrogen-bond donors (Lipinski definition) is 0. The normalized spacial score (nSPS) is 15.6. The summed E-state index contributed by atoms with van der Waals surface area (Å²) in [4.78, 5) is 11.8. The van der Waals surface area contributed by atoms with Crippen LogP contribution in [0.3, 0.4) is 0 Å². The van der Waals surface area contributed by atoms with Gasteiger partial charge in [-0.2, -0.15) is 0 Å². The predicted molar refractivity (Wildman–Crippen MR) is 120 cm³/mol. The Hall–Kier alpha value is -0.733. The summed E-state index contributed by atoms with van der Waals surface area (Å²) in [5.41, 5.74) is -0.490. The SMILES string of the molecule is C=C[C@@H](OCOCC[Si](C)(C)C)[C@@H](CC)OC(CCCOC(=O)C(C)(C)C)OC. The molecule has 0 aliphatic rings. The Bertz CT molecular complexity index is 455. The molecule has 3 atom stereocenters. The van der Waals surface area contributed by atoms with Crippen molar-refractivity contribution in [2.45, 2.75) is 91.1 Å². The van der Waals surface area contributed by atoms with E-state index in [1.54, 1.807) is 13.2 Å². The van der Waals surface area contributed by atoms with Gasteiger partial charge in [-0.05, 0) is 39.7 Å². The zero-order chi connectivity index (χ0) is 22.5. The van der Waals surface area contributed by atoms with Crippen molar-refractivity contribution in [3.63, 3.8) is 0 Å². The molecule has 29 heavy (non-hydrogen) atoms. The molecule has 0 amide bonds. The van der Waals surface area contributed by atoms with Crippen LogP contribution in [0.15, 0.2) is 12.7 Å². The molecule has 0 spiro atoms. The largest absolute Gasteiger partial charge is 0.465 e. The van der Waals surface area contributed by atoms with Crippen LogP contribution in [0.4, 0.5) is 0 Å². The van der Waals surface area contributed by atoms with E-state index in [1.165, 1.54) is 0 Å². The highest BCUT2D eigenvalue weighted by atomic mass is 28.3. The smallest absolute Gasteiger partial charge is 0.311 e. The molecule has 0 aliphatic carbocycles. The van der Waals surface area contributed by atoms with E-state index in [4.69, 9.17) is 23.7 Å². The van der Waals surface area contributed by atoms with Gasteiger partial charge in [-0.3, -0.25) is 4.79 Å². The van der Waals surface area contributed by atoms with Crippen molar-refractivity contribution in [1.82, 2.24) is 0 Å². The van der Waals surface area contributed by atoms with Crippen molar-refractivity contribution in [2.24, 2.45) is 5.41 Å². The third-order valence-corrected chi connectivity index (χ3v) is 6.06. The van der Waals surface area contributed by atoms with Gasteiger partial charge in [0.2, 0.25) is 0 Å². The summed E-state index contributed by atoms with van der Waals surface area (Å²) >= 11 is 0. The van der Waals surface area contributed by atoms with E-state index in [-0.39, 0.29) is 25.0 Å². The van der Waals surface area contributed by atoms with Gasteiger partial charge >= 0.3 is 5.97 Å². The number of carbonyl (C=O) groups excluding carboxylic acids is 1. The molecule has 6 nitrogen and oxygen atoms in total. The molecule has 0 N–H and O–H groups in total. The first-order valence-corrected chi connectivity index (χ1v) is 14.3. The third kappa shape index (κ3) is 14.0. The van der Waals surface area contributed by atoms with E-state index in [1.807, 2.05) is 27.7 Å². The fourth-order valence-corrected chi connectivity index (χ4v) is 3.12. The molecule has 7 heteroatoms. The van der Waals surface area contributed by atoms with Crippen molar-refractivity contribution in [1.29, 1.82) is 0 Å². The topological polar surface area (TPSA) is 63.2 Å². The lowest BCUT2D eigenvalue weighted by molar-refractivity contribution is -0.197. The van der Waals surface area contributed by atoms with Crippen LogP contribution in [-0.2, 0) is 28.5 Å². The first kappa shape index (κ1) is 28.3. The summed E-state index contributed by atoms with van der Waals surface area (Å²) < 4.78 is 28.3. The molecule has 0 aromatic heterocycles. The van der Waals surface area contributed by atoms with Crippen LogP contribution >= 0.6 is 0 Å². The zero-order valence-corrected chi connectivity index (χ0v) is 20.9. The van der Waals surface area contributed by atoms with Crippen LogP contribution in [0, 0.1) is 5.41 Å². The number of rotatable bonds is 16. The Morgan fingerprint density at radius 3 is 2.31 bits per heavy atom. The quantitative estimate of drug-likeness (QED) is 0.112. The molecule has 0 aliphatic heterocycles. The van der Waals surface area contributed by atoms with E-state index >= 15 is 0 Å². The van der Waals surface area contributed by atoms with E-state index in [0.717, 1.165) is 12.5 Å². The second kappa shape index (κ2) is 14.3. The number of esters is 1.